The zero-order chi connectivity index (χ0) is 19.3. The minimum Gasteiger partial charge on any atom is -0.497 e. The van der Waals surface area contributed by atoms with E-state index in [4.69, 9.17) is 4.74 Å². The highest BCUT2D eigenvalue weighted by atomic mass is 35.5. The Morgan fingerprint density at radius 2 is 1.89 bits per heavy atom. The molecule has 1 aromatic rings. The van der Waals surface area contributed by atoms with Crippen molar-refractivity contribution in [1.29, 1.82) is 0 Å². The summed E-state index contributed by atoms with van der Waals surface area (Å²) in [6.07, 6.45) is 3.30. The molecule has 3 rings (SSSR count). The summed E-state index contributed by atoms with van der Waals surface area (Å²) in [7, 11) is -1.98. The van der Waals surface area contributed by atoms with Gasteiger partial charge in [0.1, 0.15) is 5.75 Å². The van der Waals surface area contributed by atoms with E-state index in [2.05, 4.69) is 10.6 Å². The van der Waals surface area contributed by atoms with Crippen LogP contribution in [0.1, 0.15) is 25.7 Å². The molecule has 158 valence electrons. The summed E-state index contributed by atoms with van der Waals surface area (Å²) in [6, 6.07) is 6.41. The van der Waals surface area contributed by atoms with Gasteiger partial charge in [0.15, 0.2) is 0 Å². The Kier molecular flexibility index (Phi) is 8.55. The average Bonchev–Trinajstić information content (AvgIpc) is 3.21. The smallest absolute Gasteiger partial charge is 0.243 e. The Balaban J connectivity index is 0.00000280. The number of amides is 1. The normalized spacial score (nSPS) is 21.1. The Labute approximate surface area is 173 Å². The summed E-state index contributed by atoms with van der Waals surface area (Å²) in [6.45, 7) is 3.56. The lowest BCUT2D eigenvalue weighted by Crippen LogP contribution is -2.43. The van der Waals surface area contributed by atoms with Crippen molar-refractivity contribution < 1.29 is 17.9 Å². The van der Waals surface area contributed by atoms with Crippen LogP contribution in [0.15, 0.2) is 29.2 Å². The number of rotatable bonds is 7. The molecule has 2 N–H and O–H groups in total. The molecule has 0 aromatic heterocycles. The largest absolute Gasteiger partial charge is 0.497 e. The van der Waals surface area contributed by atoms with Crippen LogP contribution >= 0.6 is 12.4 Å². The first-order chi connectivity index (χ1) is 13.0. The number of piperidine rings is 1. The fraction of sp³-hybridized carbons (Fsp3) is 0.632. The van der Waals surface area contributed by atoms with Crippen molar-refractivity contribution in [1.82, 2.24) is 14.9 Å². The fourth-order valence-corrected chi connectivity index (χ4v) is 5.23. The average molecular weight is 432 g/mol. The fourth-order valence-electron chi connectivity index (χ4n) is 3.76. The molecule has 0 spiro atoms. The van der Waals surface area contributed by atoms with Crippen molar-refractivity contribution in [3.05, 3.63) is 24.3 Å². The molecule has 1 atom stereocenters. The van der Waals surface area contributed by atoms with E-state index in [-0.39, 0.29) is 29.1 Å². The van der Waals surface area contributed by atoms with E-state index in [1.165, 1.54) is 10.7 Å². The van der Waals surface area contributed by atoms with E-state index in [1.54, 1.807) is 31.4 Å². The third-order valence-corrected chi connectivity index (χ3v) is 7.45. The highest BCUT2D eigenvalue weighted by Crippen LogP contribution is 2.25. The van der Waals surface area contributed by atoms with Crippen LogP contribution in [-0.4, -0.2) is 58.5 Å². The molecule has 0 radical (unpaired) electrons. The quantitative estimate of drug-likeness (QED) is 0.685. The summed E-state index contributed by atoms with van der Waals surface area (Å²) in [5, 5.41) is 6.36. The van der Waals surface area contributed by atoms with E-state index in [0.717, 1.165) is 19.5 Å². The van der Waals surface area contributed by atoms with Crippen LogP contribution in [0.4, 0.5) is 0 Å². The van der Waals surface area contributed by atoms with Crippen molar-refractivity contribution in [2.24, 2.45) is 11.8 Å². The Hall–Kier alpha value is -1.35. The van der Waals surface area contributed by atoms with E-state index in [1.807, 2.05) is 0 Å². The number of methoxy groups -OCH3 is 1. The highest BCUT2D eigenvalue weighted by molar-refractivity contribution is 7.89. The molecule has 28 heavy (non-hydrogen) atoms. The molecule has 0 aliphatic carbocycles. The summed E-state index contributed by atoms with van der Waals surface area (Å²) < 4.78 is 32.1. The Bertz CT molecular complexity index is 728. The van der Waals surface area contributed by atoms with Crippen LogP contribution in [0.5, 0.6) is 5.75 Å². The number of hydrogen-bond donors (Lipinski definition) is 2. The lowest BCUT2D eigenvalue weighted by atomic mass is 9.97. The van der Waals surface area contributed by atoms with E-state index in [9.17, 15) is 13.2 Å². The summed E-state index contributed by atoms with van der Waals surface area (Å²) >= 11 is 0. The van der Waals surface area contributed by atoms with Gasteiger partial charge in [-0.1, -0.05) is 0 Å². The first-order valence-electron chi connectivity index (χ1n) is 9.63. The van der Waals surface area contributed by atoms with Gasteiger partial charge in [0.05, 0.1) is 12.0 Å². The molecule has 7 nitrogen and oxygen atoms in total. The second-order valence-corrected chi connectivity index (χ2v) is 9.23. The number of carbonyl (C=O) groups excluding carboxylic acids is 1. The molecule has 2 aliphatic rings. The second kappa shape index (κ2) is 10.4. The lowest BCUT2D eigenvalue weighted by molar-refractivity contribution is -0.126. The number of nitrogens with zero attached hydrogens (tertiary/aromatic N) is 1. The second-order valence-electron chi connectivity index (χ2n) is 7.29. The van der Waals surface area contributed by atoms with Crippen LogP contribution in [0.25, 0.3) is 0 Å². The van der Waals surface area contributed by atoms with Crippen molar-refractivity contribution in [3.63, 3.8) is 0 Å². The number of benzene rings is 1. The van der Waals surface area contributed by atoms with Crippen molar-refractivity contribution in [3.8, 4) is 5.75 Å². The van der Waals surface area contributed by atoms with Crippen LogP contribution in [0, 0.1) is 11.8 Å². The standard InChI is InChI=1S/C19H29N3O4S.ClH/c1-26-17-2-4-18(5-3-17)27(24,25)22-12-8-16(9-13-22)19(23)21-11-7-15-6-10-20-14-15;/h2-5,15-16,20H,6-14H2,1H3,(H,21,23);1H. The summed E-state index contributed by atoms with van der Waals surface area (Å²) in [4.78, 5) is 12.6. The number of sulfonamides is 1. The number of nitrogens with one attached hydrogen (secondary N) is 2. The molecular formula is C19H30ClN3O4S. The minimum atomic E-state index is -3.53. The zero-order valence-corrected chi connectivity index (χ0v) is 17.9. The topological polar surface area (TPSA) is 87.7 Å². The molecule has 0 saturated carbocycles. The lowest BCUT2D eigenvalue weighted by Gasteiger charge is -2.30. The van der Waals surface area contributed by atoms with Gasteiger partial charge in [-0.3, -0.25) is 4.79 Å². The molecule has 2 heterocycles. The molecular weight excluding hydrogens is 402 g/mol. The van der Waals surface area contributed by atoms with Crippen molar-refractivity contribution in [2.75, 3.05) is 39.8 Å². The predicted octanol–water partition coefficient (Wildman–Crippen LogP) is 1.63. The molecule has 1 unspecified atom stereocenters. The minimum absolute atomic E-state index is 0. The van der Waals surface area contributed by atoms with Gasteiger partial charge in [-0.05, 0) is 69.0 Å². The zero-order valence-electron chi connectivity index (χ0n) is 16.2. The van der Waals surface area contributed by atoms with E-state index in [0.29, 0.717) is 44.1 Å². The van der Waals surface area contributed by atoms with Crippen LogP contribution < -0.4 is 15.4 Å². The monoisotopic (exact) mass is 431 g/mol. The molecule has 2 saturated heterocycles. The first kappa shape index (κ1) is 22.9. The maximum absolute atomic E-state index is 12.8. The van der Waals surface area contributed by atoms with Gasteiger partial charge < -0.3 is 15.4 Å². The maximum atomic E-state index is 12.8. The number of carbonyl (C=O) groups is 1. The van der Waals surface area contributed by atoms with Gasteiger partial charge in [-0.25, -0.2) is 8.42 Å². The van der Waals surface area contributed by atoms with Crippen molar-refractivity contribution in [2.45, 2.75) is 30.6 Å². The number of halogens is 1. The molecule has 0 bridgehead atoms. The number of ether oxygens (including phenoxy) is 1. The van der Waals surface area contributed by atoms with E-state index < -0.39 is 10.0 Å². The van der Waals surface area contributed by atoms with E-state index >= 15 is 0 Å². The maximum Gasteiger partial charge on any atom is 0.243 e. The Morgan fingerprint density at radius 1 is 1.21 bits per heavy atom. The molecule has 1 aromatic carbocycles. The molecule has 9 heteroatoms. The van der Waals surface area contributed by atoms with Gasteiger partial charge in [0.2, 0.25) is 15.9 Å². The molecule has 1 amide bonds. The van der Waals surface area contributed by atoms with Crippen molar-refractivity contribution >= 4 is 28.3 Å². The predicted molar refractivity (Wildman–Crippen MR) is 110 cm³/mol. The SMILES string of the molecule is COc1ccc(S(=O)(=O)N2CCC(C(=O)NCCC3CCNC3)CC2)cc1.Cl. The van der Waals surface area contributed by atoms with Crippen LogP contribution in [-0.2, 0) is 14.8 Å². The summed E-state index contributed by atoms with van der Waals surface area (Å²) in [5.41, 5.74) is 0. The highest BCUT2D eigenvalue weighted by Gasteiger charge is 2.32. The Morgan fingerprint density at radius 3 is 2.46 bits per heavy atom. The van der Waals surface area contributed by atoms with Gasteiger partial charge in [0.25, 0.3) is 0 Å². The third kappa shape index (κ3) is 5.59. The van der Waals surface area contributed by atoms with Gasteiger partial charge in [0, 0.05) is 25.6 Å². The molecule has 2 fully saturated rings. The molecule has 2 aliphatic heterocycles. The van der Waals surface area contributed by atoms with Crippen LogP contribution in [0.3, 0.4) is 0 Å². The van der Waals surface area contributed by atoms with Gasteiger partial charge in [-0.2, -0.15) is 4.31 Å². The number of hydrogen-bond acceptors (Lipinski definition) is 5. The first-order valence-corrected chi connectivity index (χ1v) is 11.1. The summed E-state index contributed by atoms with van der Waals surface area (Å²) in [5.74, 6) is 1.23. The van der Waals surface area contributed by atoms with Crippen LogP contribution in [0.2, 0.25) is 0 Å². The van der Waals surface area contributed by atoms with Gasteiger partial charge >= 0.3 is 0 Å². The van der Waals surface area contributed by atoms with Gasteiger partial charge in [-0.15, -0.1) is 12.4 Å². The third-order valence-electron chi connectivity index (χ3n) is 5.54.